The lowest BCUT2D eigenvalue weighted by Gasteiger charge is -2.12. The van der Waals surface area contributed by atoms with Gasteiger partial charge in [0.05, 0.1) is 25.3 Å². The maximum atomic E-state index is 5.41. The highest BCUT2D eigenvalue weighted by Gasteiger charge is 2.12. The van der Waals surface area contributed by atoms with E-state index in [4.69, 9.17) is 14.5 Å². The summed E-state index contributed by atoms with van der Waals surface area (Å²) >= 11 is 1.87. The molecule has 0 aliphatic heterocycles. The van der Waals surface area contributed by atoms with Crippen LogP contribution in [-0.4, -0.2) is 38.5 Å². The molecule has 0 amide bonds. The van der Waals surface area contributed by atoms with Crippen molar-refractivity contribution in [3.8, 4) is 11.5 Å². The molecule has 1 aromatic heterocycles. The highest BCUT2D eigenvalue weighted by molar-refractivity contribution is 7.99. The molecule has 0 atom stereocenters. The lowest BCUT2D eigenvalue weighted by atomic mass is 10.1. The molecule has 0 aliphatic rings. The summed E-state index contributed by atoms with van der Waals surface area (Å²) in [6.07, 6.45) is 1.11. The molecule has 0 fully saturated rings. The number of thioether (sulfide) groups is 1. The predicted molar refractivity (Wildman–Crippen MR) is 102 cm³/mol. The van der Waals surface area contributed by atoms with E-state index in [9.17, 15) is 0 Å². The number of rotatable bonds is 7. The molecule has 5 heteroatoms. The van der Waals surface area contributed by atoms with Crippen LogP contribution in [0, 0.1) is 0 Å². The number of ether oxygens (including phenoxy) is 2. The zero-order valence-electron chi connectivity index (χ0n) is 14.3. The Morgan fingerprint density at radius 2 is 1.54 bits per heavy atom. The second-order valence-electron chi connectivity index (χ2n) is 5.51. The second-order valence-corrected chi connectivity index (χ2v) is 6.62. The fourth-order valence-corrected chi connectivity index (χ4v) is 3.83. The molecule has 0 saturated heterocycles. The van der Waals surface area contributed by atoms with Gasteiger partial charge in [-0.1, -0.05) is 0 Å². The molecule has 3 aromatic rings. The van der Waals surface area contributed by atoms with Gasteiger partial charge in [-0.3, -0.25) is 0 Å². The van der Waals surface area contributed by atoms with E-state index in [2.05, 4.69) is 17.4 Å². The maximum Gasteiger partial charge on any atom is 0.119 e. The molecule has 1 N–H and O–H groups in total. The van der Waals surface area contributed by atoms with E-state index < -0.39 is 0 Å². The highest BCUT2D eigenvalue weighted by atomic mass is 32.2. The topological polar surface area (TPSA) is 43.4 Å². The van der Waals surface area contributed by atoms with E-state index in [1.807, 2.05) is 43.1 Å². The van der Waals surface area contributed by atoms with Gasteiger partial charge in [0.1, 0.15) is 11.5 Å². The van der Waals surface area contributed by atoms with E-state index in [1.165, 1.54) is 4.90 Å². The van der Waals surface area contributed by atoms with E-state index in [0.717, 1.165) is 52.0 Å². The Morgan fingerprint density at radius 3 is 2.04 bits per heavy atom. The van der Waals surface area contributed by atoms with E-state index in [1.54, 1.807) is 14.2 Å². The Bertz CT molecular complexity index is 790. The van der Waals surface area contributed by atoms with Crippen LogP contribution in [0.2, 0.25) is 0 Å². The molecule has 1 heterocycles. The molecule has 24 heavy (non-hydrogen) atoms. The molecule has 2 aromatic carbocycles. The number of hydrogen-bond acceptors (Lipinski definition) is 5. The minimum absolute atomic E-state index is 0.851. The summed E-state index contributed by atoms with van der Waals surface area (Å²) in [5, 5.41) is 5.46. The first-order valence-electron chi connectivity index (χ1n) is 7.99. The summed E-state index contributed by atoms with van der Waals surface area (Å²) in [6.45, 7) is 1.01. The molecule has 0 bridgehead atoms. The molecular weight excluding hydrogens is 320 g/mol. The Morgan fingerprint density at radius 1 is 0.958 bits per heavy atom. The normalized spacial score (nSPS) is 11.1. The number of nitrogens with one attached hydrogen (secondary N) is 1. The molecule has 126 valence electrons. The number of pyridine rings is 1. The summed E-state index contributed by atoms with van der Waals surface area (Å²) in [6, 6.07) is 12.1. The lowest BCUT2D eigenvalue weighted by molar-refractivity contribution is 0.415. The van der Waals surface area contributed by atoms with Gasteiger partial charge in [-0.2, -0.15) is 0 Å². The third-order valence-corrected chi connectivity index (χ3v) is 5.18. The summed E-state index contributed by atoms with van der Waals surface area (Å²) < 4.78 is 10.8. The Balaban J connectivity index is 2.16. The molecular formula is C19H22N2O2S. The first-order valence-corrected chi connectivity index (χ1v) is 8.98. The smallest absolute Gasteiger partial charge is 0.119 e. The largest absolute Gasteiger partial charge is 0.497 e. The zero-order chi connectivity index (χ0) is 16.9. The van der Waals surface area contributed by atoms with Crippen LogP contribution in [0.15, 0.2) is 41.3 Å². The number of hydrogen-bond donors (Lipinski definition) is 1. The van der Waals surface area contributed by atoms with E-state index in [0.29, 0.717) is 0 Å². The van der Waals surface area contributed by atoms with Gasteiger partial charge in [-0.25, -0.2) is 4.98 Å². The number of benzene rings is 2. The minimum atomic E-state index is 0.851. The van der Waals surface area contributed by atoms with Crippen LogP contribution >= 0.6 is 11.8 Å². The highest BCUT2D eigenvalue weighted by Crippen LogP contribution is 2.37. The average molecular weight is 342 g/mol. The van der Waals surface area contributed by atoms with Crippen molar-refractivity contribution in [1.29, 1.82) is 0 Å². The number of fused-ring (bicyclic) bond motifs is 2. The van der Waals surface area contributed by atoms with Crippen LogP contribution in [0.1, 0.15) is 6.42 Å². The SMILES string of the molecule is CNCCCSc1c2cc(OC)ccc2nc2ccc(OC)cc12. The molecule has 4 nitrogen and oxygen atoms in total. The Labute approximate surface area is 146 Å². The van der Waals surface area contributed by atoms with Gasteiger partial charge in [-0.05, 0) is 62.2 Å². The molecule has 3 rings (SSSR count). The summed E-state index contributed by atoms with van der Waals surface area (Å²) in [5.74, 6) is 2.75. The quantitative estimate of drug-likeness (QED) is 0.398. The maximum absolute atomic E-state index is 5.41. The van der Waals surface area contributed by atoms with Crippen molar-refractivity contribution in [2.24, 2.45) is 0 Å². The van der Waals surface area contributed by atoms with Gasteiger partial charge in [0.15, 0.2) is 0 Å². The third-order valence-electron chi connectivity index (χ3n) is 3.96. The van der Waals surface area contributed by atoms with Gasteiger partial charge in [-0.15, -0.1) is 11.8 Å². The third kappa shape index (κ3) is 3.42. The van der Waals surface area contributed by atoms with E-state index >= 15 is 0 Å². The van der Waals surface area contributed by atoms with Crippen LogP contribution in [0.25, 0.3) is 21.8 Å². The Hall–Kier alpha value is -1.98. The molecule has 0 spiro atoms. The number of nitrogens with zero attached hydrogens (tertiary/aromatic N) is 1. The van der Waals surface area contributed by atoms with Crippen molar-refractivity contribution in [3.63, 3.8) is 0 Å². The number of methoxy groups -OCH3 is 2. The fourth-order valence-electron chi connectivity index (χ4n) is 2.70. The van der Waals surface area contributed by atoms with Gasteiger partial charge < -0.3 is 14.8 Å². The average Bonchev–Trinajstić information content (AvgIpc) is 2.63. The van der Waals surface area contributed by atoms with Crippen molar-refractivity contribution < 1.29 is 9.47 Å². The van der Waals surface area contributed by atoms with Crippen LogP contribution in [0.4, 0.5) is 0 Å². The standard InChI is InChI=1S/C19H22N2O2S/c1-20-9-4-10-24-19-15-11-13(22-2)5-7-17(15)21-18-8-6-14(23-3)12-16(18)19/h5-8,11-12,20H,4,9-10H2,1-3H3. The first kappa shape index (κ1) is 16.9. The second kappa shape index (κ2) is 7.73. The van der Waals surface area contributed by atoms with Crippen LogP contribution in [-0.2, 0) is 0 Å². The van der Waals surface area contributed by atoms with Crippen molar-refractivity contribution in [1.82, 2.24) is 10.3 Å². The first-order chi connectivity index (χ1) is 11.8. The predicted octanol–water partition coefficient (Wildman–Crippen LogP) is 4.11. The molecule has 0 saturated carbocycles. The molecule has 0 unspecified atom stereocenters. The van der Waals surface area contributed by atoms with Crippen molar-refractivity contribution in [3.05, 3.63) is 36.4 Å². The fraction of sp³-hybridized carbons (Fsp3) is 0.316. The van der Waals surface area contributed by atoms with Crippen molar-refractivity contribution >= 4 is 33.6 Å². The van der Waals surface area contributed by atoms with Gasteiger partial charge >= 0.3 is 0 Å². The van der Waals surface area contributed by atoms with Crippen LogP contribution < -0.4 is 14.8 Å². The van der Waals surface area contributed by atoms with Crippen molar-refractivity contribution in [2.45, 2.75) is 11.3 Å². The molecule has 0 aliphatic carbocycles. The number of aromatic nitrogens is 1. The van der Waals surface area contributed by atoms with Crippen molar-refractivity contribution in [2.75, 3.05) is 33.6 Å². The monoisotopic (exact) mass is 342 g/mol. The summed E-state index contributed by atoms with van der Waals surface area (Å²) in [7, 11) is 5.37. The molecule has 0 radical (unpaired) electrons. The minimum Gasteiger partial charge on any atom is -0.497 e. The van der Waals surface area contributed by atoms with E-state index in [-0.39, 0.29) is 0 Å². The zero-order valence-corrected chi connectivity index (χ0v) is 15.1. The van der Waals surface area contributed by atoms with Gasteiger partial charge in [0.2, 0.25) is 0 Å². The van der Waals surface area contributed by atoms with Crippen LogP contribution in [0.3, 0.4) is 0 Å². The summed E-state index contributed by atoms with van der Waals surface area (Å²) in [4.78, 5) is 6.04. The summed E-state index contributed by atoms with van der Waals surface area (Å²) in [5.41, 5.74) is 1.98. The van der Waals surface area contributed by atoms with Crippen LogP contribution in [0.5, 0.6) is 11.5 Å². The van der Waals surface area contributed by atoms with Gasteiger partial charge in [0, 0.05) is 15.7 Å². The van der Waals surface area contributed by atoms with Gasteiger partial charge in [0.25, 0.3) is 0 Å². The lowest BCUT2D eigenvalue weighted by Crippen LogP contribution is -2.08. The Kier molecular flexibility index (Phi) is 5.43.